The number of piperidine rings is 1. The zero-order valence-corrected chi connectivity index (χ0v) is 15.7. The summed E-state index contributed by atoms with van der Waals surface area (Å²) in [5, 5.41) is 11.8. The standard InChI is InChI=1S/C24H25NO2/c1-17-14-18-8-3-4-11-21(18)24(22(17)16-23(26)27)19-9-7-10-20(15-19)25-12-5-2-6-13-25/h3-4,7-11,14-15H,2,5-6,12-13,16H2,1H3,(H,26,27). The third kappa shape index (κ3) is 3.55. The van der Waals surface area contributed by atoms with Gasteiger partial charge in [0.05, 0.1) is 6.42 Å². The number of hydrogen-bond donors (Lipinski definition) is 1. The van der Waals surface area contributed by atoms with E-state index in [1.54, 1.807) is 0 Å². The lowest BCUT2D eigenvalue weighted by Crippen LogP contribution is -2.29. The van der Waals surface area contributed by atoms with Gasteiger partial charge < -0.3 is 10.0 Å². The minimum absolute atomic E-state index is 0.0416. The molecule has 1 heterocycles. The Bertz CT molecular complexity index is 987. The Hall–Kier alpha value is -2.81. The van der Waals surface area contributed by atoms with Crippen LogP contribution in [0.5, 0.6) is 0 Å². The van der Waals surface area contributed by atoms with E-state index in [1.165, 1.54) is 24.9 Å². The largest absolute Gasteiger partial charge is 0.481 e. The van der Waals surface area contributed by atoms with E-state index in [1.807, 2.05) is 19.1 Å². The molecule has 0 spiro atoms. The van der Waals surface area contributed by atoms with Crippen LogP contribution in [-0.4, -0.2) is 24.2 Å². The van der Waals surface area contributed by atoms with E-state index in [2.05, 4.69) is 47.4 Å². The van der Waals surface area contributed by atoms with Gasteiger partial charge in [0.1, 0.15) is 0 Å². The number of benzene rings is 3. The molecule has 0 atom stereocenters. The molecule has 4 rings (SSSR count). The number of aliphatic carboxylic acids is 1. The molecule has 1 aliphatic rings. The fraction of sp³-hybridized carbons (Fsp3) is 0.292. The molecule has 0 amide bonds. The van der Waals surface area contributed by atoms with Crippen LogP contribution in [0.4, 0.5) is 5.69 Å². The lowest BCUT2D eigenvalue weighted by Gasteiger charge is -2.29. The Kier molecular flexibility index (Phi) is 4.85. The number of nitrogens with zero attached hydrogens (tertiary/aromatic N) is 1. The van der Waals surface area contributed by atoms with E-state index in [-0.39, 0.29) is 6.42 Å². The third-order valence-electron chi connectivity index (χ3n) is 5.56. The molecule has 0 radical (unpaired) electrons. The van der Waals surface area contributed by atoms with E-state index in [9.17, 15) is 9.90 Å². The van der Waals surface area contributed by atoms with Gasteiger partial charge >= 0.3 is 5.97 Å². The van der Waals surface area contributed by atoms with Gasteiger partial charge in [0.25, 0.3) is 0 Å². The molecular formula is C24H25NO2. The van der Waals surface area contributed by atoms with E-state index >= 15 is 0 Å². The van der Waals surface area contributed by atoms with Crippen molar-refractivity contribution in [1.29, 1.82) is 0 Å². The van der Waals surface area contributed by atoms with E-state index in [0.29, 0.717) is 0 Å². The first-order chi connectivity index (χ1) is 13.1. The quantitative estimate of drug-likeness (QED) is 0.675. The van der Waals surface area contributed by atoms with Gasteiger partial charge in [0.15, 0.2) is 0 Å². The highest BCUT2D eigenvalue weighted by Crippen LogP contribution is 2.36. The molecule has 3 nitrogen and oxygen atoms in total. The first-order valence-corrected chi connectivity index (χ1v) is 9.72. The van der Waals surface area contributed by atoms with E-state index < -0.39 is 5.97 Å². The first kappa shape index (κ1) is 17.6. The molecule has 0 unspecified atom stereocenters. The Morgan fingerprint density at radius 2 is 1.78 bits per heavy atom. The third-order valence-corrected chi connectivity index (χ3v) is 5.56. The number of rotatable bonds is 4. The van der Waals surface area contributed by atoms with Crippen LogP contribution in [0, 0.1) is 6.92 Å². The predicted octanol–water partition coefficient (Wildman–Crippen LogP) is 5.43. The number of carboxylic acids is 1. The molecule has 1 saturated heterocycles. The van der Waals surface area contributed by atoms with Crippen LogP contribution in [0.1, 0.15) is 30.4 Å². The fourth-order valence-electron chi connectivity index (χ4n) is 4.25. The maximum absolute atomic E-state index is 11.5. The Morgan fingerprint density at radius 3 is 2.56 bits per heavy atom. The second kappa shape index (κ2) is 7.43. The second-order valence-electron chi connectivity index (χ2n) is 7.44. The molecule has 0 saturated carbocycles. The van der Waals surface area contributed by atoms with E-state index in [0.717, 1.165) is 46.1 Å². The number of aryl methyl sites for hydroxylation is 1. The summed E-state index contributed by atoms with van der Waals surface area (Å²) in [5.74, 6) is -0.790. The van der Waals surface area contributed by atoms with Crippen LogP contribution in [0.3, 0.4) is 0 Å². The van der Waals surface area contributed by atoms with Crippen LogP contribution in [-0.2, 0) is 11.2 Å². The minimum Gasteiger partial charge on any atom is -0.481 e. The van der Waals surface area contributed by atoms with Crippen molar-refractivity contribution in [3.8, 4) is 11.1 Å². The zero-order valence-electron chi connectivity index (χ0n) is 15.7. The lowest BCUT2D eigenvalue weighted by molar-refractivity contribution is -0.136. The van der Waals surface area contributed by atoms with Crippen molar-refractivity contribution in [3.05, 3.63) is 65.7 Å². The van der Waals surface area contributed by atoms with Gasteiger partial charge in [-0.3, -0.25) is 4.79 Å². The Morgan fingerprint density at radius 1 is 1.00 bits per heavy atom. The van der Waals surface area contributed by atoms with Gasteiger partial charge in [0, 0.05) is 18.8 Å². The highest BCUT2D eigenvalue weighted by atomic mass is 16.4. The monoisotopic (exact) mass is 359 g/mol. The topological polar surface area (TPSA) is 40.5 Å². The SMILES string of the molecule is Cc1cc2ccccc2c(-c2cccc(N3CCCCC3)c2)c1CC(=O)O. The number of carbonyl (C=O) groups is 1. The summed E-state index contributed by atoms with van der Waals surface area (Å²) in [6, 6.07) is 19.0. The molecule has 3 aromatic carbocycles. The summed E-state index contributed by atoms with van der Waals surface area (Å²) in [5.41, 5.74) is 5.35. The highest BCUT2D eigenvalue weighted by Gasteiger charge is 2.17. The van der Waals surface area contributed by atoms with Crippen molar-refractivity contribution >= 4 is 22.4 Å². The van der Waals surface area contributed by atoms with Crippen LogP contribution >= 0.6 is 0 Å². The van der Waals surface area contributed by atoms with Gasteiger partial charge in [0.2, 0.25) is 0 Å². The van der Waals surface area contributed by atoms with Crippen LogP contribution in [0.15, 0.2) is 54.6 Å². The molecule has 0 aromatic heterocycles. The van der Waals surface area contributed by atoms with Crippen molar-refractivity contribution in [2.45, 2.75) is 32.6 Å². The minimum atomic E-state index is -0.790. The molecule has 138 valence electrons. The van der Waals surface area contributed by atoms with Crippen LogP contribution < -0.4 is 4.90 Å². The smallest absolute Gasteiger partial charge is 0.307 e. The molecule has 1 fully saturated rings. The predicted molar refractivity (Wildman–Crippen MR) is 112 cm³/mol. The maximum atomic E-state index is 11.5. The summed E-state index contributed by atoms with van der Waals surface area (Å²) >= 11 is 0. The van der Waals surface area contributed by atoms with Crippen LogP contribution in [0.2, 0.25) is 0 Å². The van der Waals surface area contributed by atoms with Crippen molar-refractivity contribution in [3.63, 3.8) is 0 Å². The van der Waals surface area contributed by atoms with Crippen molar-refractivity contribution in [2.75, 3.05) is 18.0 Å². The number of anilines is 1. The Labute approximate surface area is 160 Å². The van der Waals surface area contributed by atoms with E-state index in [4.69, 9.17) is 0 Å². The first-order valence-electron chi connectivity index (χ1n) is 9.72. The molecule has 0 bridgehead atoms. The molecule has 1 aliphatic heterocycles. The number of fused-ring (bicyclic) bond motifs is 1. The van der Waals surface area contributed by atoms with Gasteiger partial charge in [-0.15, -0.1) is 0 Å². The highest BCUT2D eigenvalue weighted by molar-refractivity contribution is 6.00. The van der Waals surface area contributed by atoms with Gasteiger partial charge in [-0.2, -0.15) is 0 Å². The summed E-state index contributed by atoms with van der Waals surface area (Å²) < 4.78 is 0. The maximum Gasteiger partial charge on any atom is 0.307 e. The molecular weight excluding hydrogens is 334 g/mol. The number of hydrogen-bond acceptors (Lipinski definition) is 2. The molecule has 27 heavy (non-hydrogen) atoms. The fourth-order valence-corrected chi connectivity index (χ4v) is 4.25. The van der Waals surface area contributed by atoms with Gasteiger partial charge in [-0.25, -0.2) is 0 Å². The average molecular weight is 359 g/mol. The summed E-state index contributed by atoms with van der Waals surface area (Å²) in [6.45, 7) is 4.21. The normalized spacial score (nSPS) is 14.5. The molecule has 1 N–H and O–H groups in total. The summed E-state index contributed by atoms with van der Waals surface area (Å²) in [6.07, 6.45) is 3.82. The van der Waals surface area contributed by atoms with Gasteiger partial charge in [-0.1, -0.05) is 42.5 Å². The second-order valence-corrected chi connectivity index (χ2v) is 7.44. The number of carboxylic acid groups (broad SMARTS) is 1. The molecule has 3 aromatic rings. The van der Waals surface area contributed by atoms with Crippen LogP contribution in [0.25, 0.3) is 21.9 Å². The molecule has 3 heteroatoms. The molecule has 0 aliphatic carbocycles. The van der Waals surface area contributed by atoms with Crippen molar-refractivity contribution < 1.29 is 9.90 Å². The van der Waals surface area contributed by atoms with Crippen molar-refractivity contribution in [2.24, 2.45) is 0 Å². The van der Waals surface area contributed by atoms with Gasteiger partial charge in [-0.05, 0) is 71.3 Å². The van der Waals surface area contributed by atoms with Crippen molar-refractivity contribution in [1.82, 2.24) is 0 Å². The Balaban J connectivity index is 1.90. The summed E-state index contributed by atoms with van der Waals surface area (Å²) in [4.78, 5) is 14.0. The zero-order chi connectivity index (χ0) is 18.8. The average Bonchev–Trinajstić information content (AvgIpc) is 2.69. The lowest BCUT2D eigenvalue weighted by atomic mass is 9.88. The summed E-state index contributed by atoms with van der Waals surface area (Å²) in [7, 11) is 0.